The lowest BCUT2D eigenvalue weighted by Crippen LogP contribution is -2.20. The van der Waals surface area contributed by atoms with Crippen molar-refractivity contribution >= 4 is 16.8 Å². The van der Waals surface area contributed by atoms with Crippen LogP contribution >= 0.6 is 0 Å². The van der Waals surface area contributed by atoms with Crippen molar-refractivity contribution in [3.8, 4) is 5.75 Å². The Morgan fingerprint density at radius 1 is 1.40 bits per heavy atom. The molecular formula is C16H18O4. The molecule has 0 bridgehead atoms. The van der Waals surface area contributed by atoms with E-state index in [0.29, 0.717) is 23.3 Å². The van der Waals surface area contributed by atoms with Crippen molar-refractivity contribution < 1.29 is 13.9 Å². The molecule has 0 saturated carbocycles. The van der Waals surface area contributed by atoms with Crippen molar-refractivity contribution in [1.29, 1.82) is 0 Å². The molecule has 0 fully saturated rings. The minimum atomic E-state index is -0.518. The van der Waals surface area contributed by atoms with E-state index >= 15 is 0 Å². The molecule has 20 heavy (non-hydrogen) atoms. The number of benzene rings is 1. The third-order valence-electron chi connectivity index (χ3n) is 3.50. The van der Waals surface area contributed by atoms with Gasteiger partial charge in [0.05, 0.1) is 0 Å². The van der Waals surface area contributed by atoms with Crippen LogP contribution in [0.1, 0.15) is 31.9 Å². The third-order valence-corrected chi connectivity index (χ3v) is 3.50. The maximum atomic E-state index is 11.9. The number of Topliss-reactive ketones (excluding diaryl/α,β-unsaturated/α-hetero) is 1. The van der Waals surface area contributed by atoms with Gasteiger partial charge in [0.1, 0.15) is 11.3 Å². The Hall–Kier alpha value is -2.10. The molecule has 0 saturated heterocycles. The molecule has 0 amide bonds. The maximum Gasteiger partial charge on any atom is 0.339 e. The number of carbonyl (C=O) groups is 1. The maximum absolute atomic E-state index is 11.9. The molecule has 0 radical (unpaired) electrons. The Bertz CT molecular complexity index is 712. The van der Waals surface area contributed by atoms with Gasteiger partial charge < -0.3 is 9.15 Å². The fraction of sp³-hybridized carbons (Fsp3) is 0.375. The average Bonchev–Trinajstić information content (AvgIpc) is 2.38. The first kappa shape index (κ1) is 14.3. The molecule has 1 heterocycles. The normalized spacial score (nSPS) is 12.4. The highest BCUT2D eigenvalue weighted by Gasteiger charge is 2.13. The van der Waals surface area contributed by atoms with Crippen LogP contribution in [0.25, 0.3) is 11.0 Å². The van der Waals surface area contributed by atoms with E-state index < -0.39 is 6.10 Å². The first-order chi connectivity index (χ1) is 9.43. The van der Waals surface area contributed by atoms with Crippen molar-refractivity contribution in [3.05, 3.63) is 39.7 Å². The second kappa shape index (κ2) is 5.49. The molecule has 2 aromatic rings. The number of aryl methyl sites for hydroxylation is 1. The highest BCUT2D eigenvalue weighted by atomic mass is 16.5. The molecule has 0 aliphatic carbocycles. The molecule has 106 valence electrons. The van der Waals surface area contributed by atoms with Crippen molar-refractivity contribution in [1.82, 2.24) is 0 Å². The van der Waals surface area contributed by atoms with Gasteiger partial charge in [0.15, 0.2) is 11.9 Å². The summed E-state index contributed by atoms with van der Waals surface area (Å²) in [7, 11) is 0. The van der Waals surface area contributed by atoms with E-state index in [-0.39, 0.29) is 11.4 Å². The zero-order valence-electron chi connectivity index (χ0n) is 12.1. The van der Waals surface area contributed by atoms with Gasteiger partial charge in [-0.1, -0.05) is 6.92 Å². The predicted molar refractivity (Wildman–Crippen MR) is 77.4 cm³/mol. The molecule has 1 aromatic carbocycles. The summed E-state index contributed by atoms with van der Waals surface area (Å²) in [6, 6.07) is 5.30. The lowest BCUT2D eigenvalue weighted by Gasteiger charge is -2.12. The highest BCUT2D eigenvalue weighted by Crippen LogP contribution is 2.25. The zero-order chi connectivity index (χ0) is 14.9. The molecule has 1 atom stereocenters. The Labute approximate surface area is 117 Å². The van der Waals surface area contributed by atoms with E-state index in [1.54, 1.807) is 19.1 Å². The monoisotopic (exact) mass is 274 g/mol. The molecule has 4 heteroatoms. The summed E-state index contributed by atoms with van der Waals surface area (Å²) in [5.41, 5.74) is 1.81. The van der Waals surface area contributed by atoms with Gasteiger partial charge in [-0.05, 0) is 44.9 Å². The SMILES string of the molecule is CCc1c(C)c2ccc(O[C@@H](C)C(C)=O)cc2oc1=O. The largest absolute Gasteiger partial charge is 0.483 e. The van der Waals surface area contributed by atoms with Crippen LogP contribution in [0.15, 0.2) is 27.4 Å². The van der Waals surface area contributed by atoms with E-state index in [0.717, 1.165) is 10.9 Å². The van der Waals surface area contributed by atoms with Gasteiger partial charge in [-0.25, -0.2) is 4.79 Å². The van der Waals surface area contributed by atoms with Gasteiger partial charge in [0.25, 0.3) is 0 Å². The summed E-state index contributed by atoms with van der Waals surface area (Å²) in [6.07, 6.45) is 0.124. The van der Waals surface area contributed by atoms with Crippen molar-refractivity contribution in [2.24, 2.45) is 0 Å². The number of fused-ring (bicyclic) bond motifs is 1. The van der Waals surface area contributed by atoms with Gasteiger partial charge >= 0.3 is 5.63 Å². The van der Waals surface area contributed by atoms with E-state index in [9.17, 15) is 9.59 Å². The molecule has 0 N–H and O–H groups in total. The number of ether oxygens (including phenoxy) is 1. The number of hydrogen-bond donors (Lipinski definition) is 0. The van der Waals surface area contributed by atoms with Gasteiger partial charge in [-0.3, -0.25) is 4.79 Å². The van der Waals surface area contributed by atoms with Crippen LogP contribution in [-0.2, 0) is 11.2 Å². The smallest absolute Gasteiger partial charge is 0.339 e. The Balaban J connectivity index is 2.50. The topological polar surface area (TPSA) is 56.5 Å². The molecule has 0 spiro atoms. The number of ketones is 1. The standard InChI is InChI=1S/C16H18O4/c1-5-13-9(2)14-7-6-12(19-11(4)10(3)17)8-15(14)20-16(13)18/h6-8,11H,5H2,1-4H3/t11-/m0/s1. The molecular weight excluding hydrogens is 256 g/mol. The lowest BCUT2D eigenvalue weighted by atomic mass is 10.0. The van der Waals surface area contributed by atoms with E-state index in [1.807, 2.05) is 19.9 Å². The molecule has 0 unspecified atom stereocenters. The fourth-order valence-corrected chi connectivity index (χ4v) is 2.14. The number of carbonyl (C=O) groups excluding carboxylic acids is 1. The van der Waals surface area contributed by atoms with Crippen LogP contribution in [0.3, 0.4) is 0 Å². The minimum Gasteiger partial charge on any atom is -0.483 e. The quantitative estimate of drug-likeness (QED) is 0.804. The average molecular weight is 274 g/mol. The summed E-state index contributed by atoms with van der Waals surface area (Å²) in [5.74, 6) is 0.469. The predicted octanol–water partition coefficient (Wildman–Crippen LogP) is 3.02. The van der Waals surface area contributed by atoms with Crippen molar-refractivity contribution in [3.63, 3.8) is 0 Å². The molecule has 2 rings (SSSR count). The molecule has 0 aliphatic rings. The second-order valence-corrected chi connectivity index (χ2v) is 4.88. The Morgan fingerprint density at radius 3 is 2.70 bits per heavy atom. The van der Waals surface area contributed by atoms with Gasteiger partial charge in [-0.15, -0.1) is 0 Å². The van der Waals surface area contributed by atoms with Crippen LogP contribution in [0, 0.1) is 6.92 Å². The summed E-state index contributed by atoms with van der Waals surface area (Å²) in [4.78, 5) is 23.1. The first-order valence-corrected chi connectivity index (χ1v) is 6.67. The van der Waals surface area contributed by atoms with Crippen molar-refractivity contribution in [2.45, 2.75) is 40.2 Å². The molecule has 0 aliphatic heterocycles. The molecule has 1 aromatic heterocycles. The van der Waals surface area contributed by atoms with Crippen LogP contribution < -0.4 is 10.4 Å². The van der Waals surface area contributed by atoms with Gasteiger partial charge in [0.2, 0.25) is 0 Å². The summed E-state index contributed by atoms with van der Waals surface area (Å²) < 4.78 is 10.8. The van der Waals surface area contributed by atoms with Crippen LogP contribution in [-0.4, -0.2) is 11.9 Å². The van der Waals surface area contributed by atoms with E-state index in [2.05, 4.69) is 0 Å². The summed E-state index contributed by atoms with van der Waals surface area (Å²) >= 11 is 0. The van der Waals surface area contributed by atoms with Crippen molar-refractivity contribution in [2.75, 3.05) is 0 Å². The summed E-state index contributed by atoms with van der Waals surface area (Å²) in [5, 5.41) is 0.893. The second-order valence-electron chi connectivity index (χ2n) is 4.88. The van der Waals surface area contributed by atoms with E-state index in [1.165, 1.54) is 6.92 Å². The van der Waals surface area contributed by atoms with Crippen LogP contribution in [0.4, 0.5) is 0 Å². The number of rotatable bonds is 4. The van der Waals surface area contributed by atoms with Gasteiger partial charge in [0, 0.05) is 17.0 Å². The minimum absolute atomic E-state index is 0.0518. The Kier molecular flexibility index (Phi) is 3.93. The zero-order valence-corrected chi connectivity index (χ0v) is 12.1. The Morgan fingerprint density at radius 2 is 2.10 bits per heavy atom. The fourth-order valence-electron chi connectivity index (χ4n) is 2.14. The third kappa shape index (κ3) is 2.59. The first-order valence-electron chi connectivity index (χ1n) is 6.67. The van der Waals surface area contributed by atoms with Crippen LogP contribution in [0.2, 0.25) is 0 Å². The lowest BCUT2D eigenvalue weighted by molar-refractivity contribution is -0.122. The number of hydrogen-bond acceptors (Lipinski definition) is 4. The van der Waals surface area contributed by atoms with Gasteiger partial charge in [-0.2, -0.15) is 0 Å². The summed E-state index contributed by atoms with van der Waals surface area (Å²) in [6.45, 7) is 7.01. The van der Waals surface area contributed by atoms with Crippen LogP contribution in [0.5, 0.6) is 5.75 Å². The van der Waals surface area contributed by atoms with E-state index in [4.69, 9.17) is 9.15 Å². The molecule has 4 nitrogen and oxygen atoms in total. The highest BCUT2D eigenvalue weighted by molar-refractivity contribution is 5.83.